The smallest absolute Gasteiger partial charge is 0.260 e. The Morgan fingerprint density at radius 1 is 0.857 bits per heavy atom. The van der Waals surface area contributed by atoms with Crippen molar-refractivity contribution in [2.45, 2.75) is 38.5 Å². The number of amides is 2. The second-order valence-corrected chi connectivity index (χ2v) is 9.92. The van der Waals surface area contributed by atoms with Crippen LogP contribution in [0.3, 0.4) is 0 Å². The van der Waals surface area contributed by atoms with E-state index < -0.39 is 0 Å². The Labute approximate surface area is 210 Å². The van der Waals surface area contributed by atoms with Gasteiger partial charge in [0.05, 0.1) is 6.61 Å². The molecule has 0 aromatic heterocycles. The van der Waals surface area contributed by atoms with Gasteiger partial charge in [-0.3, -0.25) is 9.59 Å². The van der Waals surface area contributed by atoms with E-state index in [1.54, 1.807) is 17.0 Å². The number of hydrogen-bond donors (Lipinski definition) is 0. The van der Waals surface area contributed by atoms with Crippen molar-refractivity contribution in [1.29, 1.82) is 0 Å². The first-order chi connectivity index (χ1) is 16.9. The molecule has 4 rings (SSSR count). The molecule has 0 radical (unpaired) electrons. The van der Waals surface area contributed by atoms with Crippen LogP contribution < -0.4 is 9.47 Å². The number of ether oxygens (including phenoxy) is 2. The van der Waals surface area contributed by atoms with E-state index in [2.05, 4.69) is 0 Å². The summed E-state index contributed by atoms with van der Waals surface area (Å²) in [6, 6.07) is 12.9. The van der Waals surface area contributed by atoms with Gasteiger partial charge in [0, 0.05) is 43.0 Å². The second kappa shape index (κ2) is 11.8. The summed E-state index contributed by atoms with van der Waals surface area (Å²) in [5, 5.41) is 0.600. The molecule has 6 nitrogen and oxygen atoms in total. The average molecular weight is 503 g/mol. The molecular weight excluding hydrogens is 471 g/mol. The molecule has 2 heterocycles. The molecule has 0 N–H and O–H groups in total. The molecule has 2 aromatic carbocycles. The van der Waals surface area contributed by atoms with E-state index in [9.17, 15) is 14.0 Å². The number of benzene rings is 2. The predicted octanol–water partition coefficient (Wildman–Crippen LogP) is 4.95. The fraction of sp³-hybridized carbons (Fsp3) is 0.481. The molecule has 2 aromatic rings. The van der Waals surface area contributed by atoms with Crippen LogP contribution in [0.25, 0.3) is 0 Å². The largest absolute Gasteiger partial charge is 0.493 e. The molecule has 2 amide bonds. The van der Waals surface area contributed by atoms with Crippen LogP contribution in [-0.2, 0) is 9.59 Å². The Hall–Kier alpha value is -2.80. The van der Waals surface area contributed by atoms with E-state index >= 15 is 0 Å². The van der Waals surface area contributed by atoms with Crippen LogP contribution in [0.5, 0.6) is 11.5 Å². The first kappa shape index (κ1) is 25.3. The van der Waals surface area contributed by atoms with Crippen LogP contribution >= 0.6 is 11.6 Å². The van der Waals surface area contributed by atoms with Crippen molar-refractivity contribution in [3.63, 3.8) is 0 Å². The summed E-state index contributed by atoms with van der Waals surface area (Å²) in [4.78, 5) is 29.6. The maximum atomic E-state index is 13.2. The third-order valence-corrected chi connectivity index (χ3v) is 7.16. The summed E-state index contributed by atoms with van der Waals surface area (Å²) in [6.45, 7) is 2.96. The van der Waals surface area contributed by atoms with Crippen LogP contribution in [0, 0.1) is 11.2 Å². The molecule has 0 unspecified atom stereocenters. The van der Waals surface area contributed by atoms with Gasteiger partial charge in [-0.15, -0.1) is 0 Å². The maximum Gasteiger partial charge on any atom is 0.260 e. The molecule has 35 heavy (non-hydrogen) atoms. The molecule has 2 aliphatic heterocycles. The number of likely N-dealkylation sites (tertiary alicyclic amines) is 2. The van der Waals surface area contributed by atoms with Crippen LogP contribution in [-0.4, -0.2) is 61.0 Å². The Bertz CT molecular complexity index is 1000. The molecule has 0 bridgehead atoms. The Morgan fingerprint density at radius 3 is 2.23 bits per heavy atom. The van der Waals surface area contributed by atoms with E-state index in [4.69, 9.17) is 21.1 Å². The molecular formula is C27H32ClFN2O4. The minimum atomic E-state index is -0.356. The fourth-order valence-electron chi connectivity index (χ4n) is 4.74. The Kier molecular flexibility index (Phi) is 8.50. The minimum absolute atomic E-state index is 0.107. The Morgan fingerprint density at radius 2 is 1.54 bits per heavy atom. The van der Waals surface area contributed by atoms with E-state index in [1.807, 2.05) is 17.0 Å². The Balaban J connectivity index is 1.37. The van der Waals surface area contributed by atoms with Crippen LogP contribution in [0.15, 0.2) is 48.5 Å². The van der Waals surface area contributed by atoms with Crippen molar-refractivity contribution in [2.75, 3.05) is 39.4 Å². The van der Waals surface area contributed by atoms with Crippen molar-refractivity contribution in [3.05, 3.63) is 59.4 Å². The third-order valence-electron chi connectivity index (χ3n) is 6.93. The first-order valence-corrected chi connectivity index (χ1v) is 12.6. The lowest BCUT2D eigenvalue weighted by molar-refractivity contribution is -0.139. The van der Waals surface area contributed by atoms with E-state index in [0.29, 0.717) is 55.5 Å². The molecule has 2 fully saturated rings. The van der Waals surface area contributed by atoms with E-state index in [1.165, 1.54) is 30.7 Å². The highest BCUT2D eigenvalue weighted by atomic mass is 35.5. The van der Waals surface area contributed by atoms with Gasteiger partial charge in [0.15, 0.2) is 6.61 Å². The summed E-state index contributed by atoms with van der Waals surface area (Å²) >= 11 is 6.11. The maximum absolute atomic E-state index is 13.2. The number of piperidine rings is 2. The molecule has 0 atom stereocenters. The summed E-state index contributed by atoms with van der Waals surface area (Å²) < 4.78 is 24.7. The number of rotatable bonds is 8. The first-order valence-electron chi connectivity index (χ1n) is 12.2. The second-order valence-electron chi connectivity index (χ2n) is 9.49. The van der Waals surface area contributed by atoms with Gasteiger partial charge >= 0.3 is 0 Å². The SMILES string of the molecule is O=C(COc1ccc(F)cc1)N1CCC(COc2cccc(Cl)c2)(CC(=O)N2CCCCC2)CC1. The quantitative estimate of drug-likeness (QED) is 0.512. The zero-order chi connectivity index (χ0) is 24.7. The molecule has 2 aliphatic rings. The summed E-state index contributed by atoms with van der Waals surface area (Å²) in [5.41, 5.74) is -0.356. The molecule has 0 aliphatic carbocycles. The number of nitrogens with zero attached hydrogens (tertiary/aromatic N) is 2. The molecule has 2 saturated heterocycles. The number of carbonyl (C=O) groups excluding carboxylic acids is 2. The van der Waals surface area contributed by atoms with Gasteiger partial charge in [0.25, 0.3) is 5.91 Å². The van der Waals surface area contributed by atoms with Gasteiger partial charge in [-0.1, -0.05) is 17.7 Å². The monoisotopic (exact) mass is 502 g/mol. The summed E-state index contributed by atoms with van der Waals surface area (Å²) in [6.07, 6.45) is 5.00. The zero-order valence-corrected chi connectivity index (χ0v) is 20.6. The minimum Gasteiger partial charge on any atom is -0.493 e. The van der Waals surface area contributed by atoms with Gasteiger partial charge < -0.3 is 19.3 Å². The van der Waals surface area contributed by atoms with Gasteiger partial charge in [-0.25, -0.2) is 4.39 Å². The number of carbonyl (C=O) groups is 2. The lowest BCUT2D eigenvalue weighted by Gasteiger charge is -2.42. The van der Waals surface area contributed by atoms with Crippen LogP contribution in [0.4, 0.5) is 4.39 Å². The normalized spacial score (nSPS) is 17.7. The van der Waals surface area contributed by atoms with Gasteiger partial charge in [-0.05, 0) is 74.6 Å². The third kappa shape index (κ3) is 7.10. The highest BCUT2D eigenvalue weighted by molar-refractivity contribution is 6.30. The fourth-order valence-corrected chi connectivity index (χ4v) is 4.92. The lowest BCUT2D eigenvalue weighted by atomic mass is 9.75. The standard InChI is InChI=1S/C27H32ClFN2O4/c28-21-5-4-6-24(17-21)35-20-27(18-25(32)30-13-2-1-3-14-30)11-15-31(16-12-27)26(33)19-34-23-9-7-22(29)8-10-23/h4-10,17H,1-3,11-16,18-20H2. The zero-order valence-electron chi connectivity index (χ0n) is 19.9. The van der Waals surface area contributed by atoms with E-state index in [-0.39, 0.29) is 29.7 Å². The van der Waals surface area contributed by atoms with Crippen LogP contribution in [0.1, 0.15) is 38.5 Å². The predicted molar refractivity (Wildman–Crippen MR) is 132 cm³/mol. The van der Waals surface area contributed by atoms with Gasteiger partial charge in [0.1, 0.15) is 17.3 Å². The molecule has 188 valence electrons. The number of halogens is 2. The van der Waals surface area contributed by atoms with Crippen molar-refractivity contribution >= 4 is 23.4 Å². The van der Waals surface area contributed by atoms with Crippen LogP contribution in [0.2, 0.25) is 5.02 Å². The highest BCUT2D eigenvalue weighted by Crippen LogP contribution is 2.37. The van der Waals surface area contributed by atoms with Crippen molar-refractivity contribution in [1.82, 2.24) is 9.80 Å². The lowest BCUT2D eigenvalue weighted by Crippen LogP contribution is -2.49. The van der Waals surface area contributed by atoms with Crippen molar-refractivity contribution < 1.29 is 23.5 Å². The highest BCUT2D eigenvalue weighted by Gasteiger charge is 2.40. The number of hydrogen-bond acceptors (Lipinski definition) is 4. The summed E-state index contributed by atoms with van der Waals surface area (Å²) in [5.74, 6) is 0.816. The molecule has 0 spiro atoms. The topological polar surface area (TPSA) is 59.1 Å². The van der Waals surface area contributed by atoms with Crippen molar-refractivity contribution in [2.24, 2.45) is 5.41 Å². The summed E-state index contributed by atoms with van der Waals surface area (Å²) in [7, 11) is 0. The average Bonchev–Trinajstić information content (AvgIpc) is 2.88. The van der Waals surface area contributed by atoms with Gasteiger partial charge in [-0.2, -0.15) is 0 Å². The molecule has 0 saturated carbocycles. The van der Waals surface area contributed by atoms with Crippen molar-refractivity contribution in [3.8, 4) is 11.5 Å². The van der Waals surface area contributed by atoms with Gasteiger partial charge in [0.2, 0.25) is 5.91 Å². The molecule has 8 heteroatoms. The van der Waals surface area contributed by atoms with E-state index in [0.717, 1.165) is 25.9 Å².